The van der Waals surface area contributed by atoms with Gasteiger partial charge in [-0.2, -0.15) is 4.99 Å². The van der Waals surface area contributed by atoms with Crippen molar-refractivity contribution < 1.29 is 33.4 Å². The minimum absolute atomic E-state index is 0.0440. The third-order valence-electron chi connectivity index (χ3n) is 15.5. The zero-order chi connectivity index (χ0) is 48.3. The minimum atomic E-state index is -0.721. The zero-order valence-corrected chi connectivity index (χ0v) is 40.9. The number of likely N-dealkylation sites (tertiary alicyclic amines) is 2. The second kappa shape index (κ2) is 17.0. The summed E-state index contributed by atoms with van der Waals surface area (Å²) >= 11 is 1.83. The molecule has 7 heterocycles. The van der Waals surface area contributed by atoms with Crippen LogP contribution in [0.15, 0.2) is 72.0 Å². The van der Waals surface area contributed by atoms with E-state index in [1.807, 2.05) is 61.2 Å². The van der Waals surface area contributed by atoms with E-state index >= 15 is 0 Å². The van der Waals surface area contributed by atoms with E-state index in [9.17, 15) is 19.2 Å². The summed E-state index contributed by atoms with van der Waals surface area (Å²) in [6.45, 7) is 7.78. The number of imidazole rings is 2. The summed E-state index contributed by atoms with van der Waals surface area (Å²) in [7, 11) is 2.58. The molecule has 16 nitrogen and oxygen atoms in total. The molecule has 0 spiro atoms. The molecule has 3 N–H and O–H groups in total. The van der Waals surface area contributed by atoms with Crippen LogP contribution in [0.2, 0.25) is 0 Å². The molecule has 9 atom stereocenters. The molecule has 3 aliphatic heterocycles. The number of hydrogen-bond acceptors (Lipinski definition) is 10. The average molecular weight is 964 g/mol. The first-order chi connectivity index (χ1) is 33.9. The Morgan fingerprint density at radius 2 is 1.43 bits per heavy atom. The number of aromatic nitrogens is 5. The Hall–Kier alpha value is -6.75. The molecule has 3 aliphatic carbocycles. The first-order valence-corrected chi connectivity index (χ1v) is 25.5. The van der Waals surface area contributed by atoms with Gasteiger partial charge in [0.25, 0.3) is 0 Å². The van der Waals surface area contributed by atoms with E-state index in [4.69, 9.17) is 24.2 Å². The van der Waals surface area contributed by atoms with Gasteiger partial charge in [0.15, 0.2) is 0 Å². The number of benzene rings is 2. The van der Waals surface area contributed by atoms with Crippen LogP contribution >= 0.6 is 11.3 Å². The summed E-state index contributed by atoms with van der Waals surface area (Å²) in [5.41, 5.74) is 6.68. The summed E-state index contributed by atoms with van der Waals surface area (Å²) in [5.74, 6) is 2.82. The van der Waals surface area contributed by atoms with Crippen LogP contribution in [0.5, 0.6) is 5.75 Å². The quantitative estimate of drug-likeness (QED) is 0.100. The van der Waals surface area contributed by atoms with Gasteiger partial charge in [-0.25, -0.2) is 19.6 Å². The van der Waals surface area contributed by atoms with Gasteiger partial charge in [-0.3, -0.25) is 14.2 Å². The van der Waals surface area contributed by atoms with Crippen molar-refractivity contribution in [2.75, 3.05) is 14.2 Å². The molecule has 362 valence electrons. The van der Waals surface area contributed by atoms with Gasteiger partial charge in [-0.1, -0.05) is 39.8 Å². The Labute approximate surface area is 409 Å². The predicted molar refractivity (Wildman–Crippen MR) is 263 cm³/mol. The molecular formula is C53H57N9O7S. The molecule has 6 aromatic rings. The van der Waals surface area contributed by atoms with Crippen molar-refractivity contribution in [3.8, 4) is 39.5 Å². The monoisotopic (exact) mass is 963 g/mol. The zero-order valence-electron chi connectivity index (χ0n) is 40.0. The maximum absolute atomic E-state index is 14.1. The van der Waals surface area contributed by atoms with E-state index in [2.05, 4.69) is 79.4 Å². The van der Waals surface area contributed by atoms with Crippen molar-refractivity contribution in [3.05, 3.63) is 88.4 Å². The van der Waals surface area contributed by atoms with Crippen molar-refractivity contribution in [1.29, 1.82) is 0 Å². The Morgan fingerprint density at radius 1 is 0.786 bits per heavy atom. The van der Waals surface area contributed by atoms with Gasteiger partial charge in [-0.05, 0) is 111 Å². The van der Waals surface area contributed by atoms with Crippen LogP contribution < -0.4 is 10.1 Å². The summed E-state index contributed by atoms with van der Waals surface area (Å²) in [6.07, 6.45) is 9.43. The number of alkyl carbamates (subject to hydrolysis) is 1. The number of fused-ring (bicyclic) bond motifs is 7. The third-order valence-corrected chi connectivity index (χ3v) is 16.8. The molecule has 5 fully saturated rings. The largest absolute Gasteiger partial charge is 0.464 e. The average Bonchev–Trinajstić information content (AvgIpc) is 4.16. The van der Waals surface area contributed by atoms with E-state index in [-0.39, 0.29) is 47.8 Å². The molecule has 3 saturated carbocycles. The maximum Gasteiger partial charge on any atom is 0.432 e. The minimum Gasteiger partial charge on any atom is -0.464 e. The Balaban J connectivity index is 0.845. The van der Waals surface area contributed by atoms with Gasteiger partial charge >= 0.3 is 12.2 Å². The molecule has 12 rings (SSSR count). The standard InChI is InChI=1S/C53H57N9O7S/c1-25(2)34(22-56-52(65)67-5)49(63)60-38-16-31(38)19-41(60)47-54-23-35(57-47)28-10-12-37-30(15-28)18-40-33-11-9-29(21-43(33)69-51(62(37)40)45-14-13-44(70-45)27-7-8-27)36-24-55-48(58-36)42-20-32-17-39(32)61(42)50(64)46(26(3)4)59-53(66)68-6/h9-15,18,21-27,31-32,34,38-39,41-42,46,51H,7-8,16-17,19-20H2,1-6H3,(H,54,57)(H,55,58)(H,59,66)/t31-,32-,34?,38-,39-,41?,42?,46+,51?/m1/s1. The van der Waals surface area contributed by atoms with Crippen LogP contribution in [0.3, 0.4) is 0 Å². The lowest BCUT2D eigenvalue weighted by Gasteiger charge is -2.32. The number of thiophene rings is 1. The van der Waals surface area contributed by atoms with E-state index in [0.717, 1.165) is 92.6 Å². The first-order valence-electron chi connectivity index (χ1n) is 24.6. The van der Waals surface area contributed by atoms with Gasteiger partial charge < -0.3 is 39.3 Å². The Bertz CT molecular complexity index is 3110. The van der Waals surface area contributed by atoms with Crippen molar-refractivity contribution in [2.24, 2.45) is 34.6 Å². The molecule has 17 heteroatoms. The number of methoxy groups -OCH3 is 2. The number of nitrogens with zero attached hydrogens (tertiary/aromatic N) is 6. The van der Waals surface area contributed by atoms with Gasteiger partial charge in [0.05, 0.1) is 72.1 Å². The number of aliphatic imine (C=N–C) groups is 1. The number of H-pyrrole nitrogens is 2. The molecule has 2 saturated heterocycles. The first kappa shape index (κ1) is 44.5. The van der Waals surface area contributed by atoms with Crippen molar-refractivity contribution in [2.45, 2.75) is 109 Å². The van der Waals surface area contributed by atoms with Crippen LogP contribution in [0.25, 0.3) is 44.7 Å². The summed E-state index contributed by atoms with van der Waals surface area (Å²) in [5, 5.41) is 3.83. The number of rotatable bonds is 12. The fraction of sp³-hybridized carbons (Fsp3) is 0.453. The van der Waals surface area contributed by atoms with Crippen molar-refractivity contribution in [1.82, 2.24) is 39.6 Å². The molecule has 4 unspecified atom stereocenters. The normalized spacial score (nSPS) is 24.8. The fourth-order valence-electron chi connectivity index (χ4n) is 11.4. The molecule has 70 heavy (non-hydrogen) atoms. The highest BCUT2D eigenvalue weighted by molar-refractivity contribution is 7.12. The number of carbonyl (C=O) groups is 4. The van der Waals surface area contributed by atoms with Crippen LogP contribution in [-0.4, -0.2) is 96.9 Å². The number of aromatic amines is 2. The van der Waals surface area contributed by atoms with Gasteiger partial charge in [0.1, 0.15) is 23.4 Å². The van der Waals surface area contributed by atoms with E-state index in [1.165, 1.54) is 38.2 Å². The SMILES string of the molecule is COC(=O)N=CC(C(=O)N1C(c2ncc(-c3ccc4c(c3)cc3n4C(c4ccc(C5CC5)s4)Oc4cc(-c5cnc(C6C[C@H]7C[C@H]7N6C(=O)[C@@H](NC(=O)OC)C(C)C)[nH]5)ccc4-3)[nH]2)C[C@H]2C[C@H]21)C(C)C. The van der Waals surface area contributed by atoms with Gasteiger partial charge in [-0.15, -0.1) is 11.3 Å². The smallest absolute Gasteiger partial charge is 0.432 e. The van der Waals surface area contributed by atoms with Crippen LogP contribution in [-0.2, 0) is 19.1 Å². The highest BCUT2D eigenvalue weighted by Crippen LogP contribution is 2.55. The summed E-state index contributed by atoms with van der Waals surface area (Å²) in [4.78, 5) is 79.6. The lowest BCUT2D eigenvalue weighted by Crippen LogP contribution is -2.52. The highest BCUT2D eigenvalue weighted by atomic mass is 32.1. The molecule has 2 aromatic carbocycles. The number of amides is 4. The molecule has 6 aliphatic rings. The number of piperidine rings is 2. The number of carbonyl (C=O) groups excluding carboxylic acids is 4. The Kier molecular flexibility index (Phi) is 10.8. The lowest BCUT2D eigenvalue weighted by molar-refractivity contribution is -0.137. The van der Waals surface area contributed by atoms with Gasteiger partial charge in [0.2, 0.25) is 18.0 Å². The fourth-order valence-corrected chi connectivity index (χ4v) is 12.6. The molecule has 0 bridgehead atoms. The molecule has 4 amide bonds. The molecular weight excluding hydrogens is 907 g/mol. The van der Waals surface area contributed by atoms with E-state index in [0.29, 0.717) is 17.8 Å². The lowest BCUT2D eigenvalue weighted by atomic mass is 9.95. The summed E-state index contributed by atoms with van der Waals surface area (Å²) in [6, 6.07) is 18.7. The Morgan fingerprint density at radius 3 is 2.06 bits per heavy atom. The molecule has 4 aromatic heterocycles. The van der Waals surface area contributed by atoms with E-state index < -0.39 is 30.4 Å². The topological polar surface area (TPSA) is 189 Å². The number of hydrogen-bond donors (Lipinski definition) is 3. The van der Waals surface area contributed by atoms with Crippen LogP contribution in [0.1, 0.15) is 112 Å². The summed E-state index contributed by atoms with van der Waals surface area (Å²) < 4.78 is 19.0. The third kappa shape index (κ3) is 7.67. The highest BCUT2D eigenvalue weighted by Gasteiger charge is 2.57. The number of nitrogens with one attached hydrogen (secondary N) is 3. The predicted octanol–water partition coefficient (Wildman–Crippen LogP) is 9.78. The van der Waals surface area contributed by atoms with Crippen LogP contribution in [0, 0.1) is 29.6 Å². The molecule has 0 radical (unpaired) electrons. The second-order valence-corrected chi connectivity index (χ2v) is 21.9. The van der Waals surface area contributed by atoms with Crippen molar-refractivity contribution >= 4 is 52.5 Å². The second-order valence-electron chi connectivity index (χ2n) is 20.7. The number of ether oxygens (including phenoxy) is 3. The van der Waals surface area contributed by atoms with Gasteiger partial charge in [0, 0.05) is 45.3 Å². The van der Waals surface area contributed by atoms with Crippen LogP contribution in [0.4, 0.5) is 9.59 Å². The maximum atomic E-state index is 14.1. The van der Waals surface area contributed by atoms with E-state index in [1.54, 1.807) is 0 Å². The van der Waals surface area contributed by atoms with Crippen molar-refractivity contribution in [3.63, 3.8) is 0 Å².